The molecule has 0 unspecified atom stereocenters. The van der Waals surface area contributed by atoms with Crippen LogP contribution in [0.4, 0.5) is 0 Å². The zero-order valence-electron chi connectivity index (χ0n) is 14.9. The minimum Gasteiger partial charge on any atom is -0.493 e. The molecule has 26 heavy (non-hydrogen) atoms. The summed E-state index contributed by atoms with van der Waals surface area (Å²) in [6.07, 6.45) is 3.19. The summed E-state index contributed by atoms with van der Waals surface area (Å²) in [5.41, 5.74) is 10.0. The summed E-state index contributed by atoms with van der Waals surface area (Å²) >= 11 is 0. The summed E-state index contributed by atoms with van der Waals surface area (Å²) in [6, 6.07) is 15.1. The van der Waals surface area contributed by atoms with Crippen LogP contribution in [0.3, 0.4) is 0 Å². The third-order valence-electron chi connectivity index (χ3n) is 3.18. The van der Waals surface area contributed by atoms with Crippen molar-refractivity contribution >= 4 is 18.4 Å². The molecule has 0 aliphatic heterocycles. The van der Waals surface area contributed by atoms with E-state index in [-0.39, 0.29) is 5.96 Å². The molecule has 0 aliphatic carbocycles. The summed E-state index contributed by atoms with van der Waals surface area (Å²) in [7, 11) is 0. The van der Waals surface area contributed by atoms with Crippen LogP contribution in [0.25, 0.3) is 0 Å². The number of rotatable bonds is 8. The van der Waals surface area contributed by atoms with Crippen molar-refractivity contribution in [1.29, 1.82) is 0 Å². The Bertz CT molecular complexity index is 787. The molecular weight excluding hydrogens is 330 g/mol. The van der Waals surface area contributed by atoms with Gasteiger partial charge in [0, 0.05) is 11.1 Å². The second-order valence-electron chi connectivity index (χ2n) is 5.04. The van der Waals surface area contributed by atoms with E-state index in [1.165, 1.54) is 0 Å². The Balaban J connectivity index is 1.97. The number of guanidine groups is 1. The van der Waals surface area contributed by atoms with Crippen molar-refractivity contribution in [3.8, 4) is 11.5 Å². The number of nitrogens with zero attached hydrogens (tertiary/aromatic N) is 3. The molecule has 2 aromatic rings. The van der Waals surface area contributed by atoms with Crippen molar-refractivity contribution in [3.05, 3.63) is 59.7 Å². The van der Waals surface area contributed by atoms with E-state index in [9.17, 15) is 0 Å². The van der Waals surface area contributed by atoms with Crippen LogP contribution in [-0.2, 0) is 0 Å². The molecule has 7 nitrogen and oxygen atoms in total. The Labute approximate surface area is 153 Å². The van der Waals surface area contributed by atoms with Crippen LogP contribution in [0.5, 0.6) is 11.5 Å². The normalized spacial score (nSPS) is 11.8. The molecule has 0 aliphatic rings. The van der Waals surface area contributed by atoms with Crippen LogP contribution >= 0.6 is 0 Å². The van der Waals surface area contributed by atoms with Gasteiger partial charge in [0.05, 0.1) is 25.6 Å². The number of ether oxygens (including phenoxy) is 2. The summed E-state index contributed by atoms with van der Waals surface area (Å²) < 4.78 is 11.0. The molecule has 0 radical (unpaired) electrons. The van der Waals surface area contributed by atoms with Gasteiger partial charge in [-0.25, -0.2) is 5.43 Å². The molecule has 7 heteroatoms. The van der Waals surface area contributed by atoms with Gasteiger partial charge in [-0.05, 0) is 38.1 Å². The smallest absolute Gasteiger partial charge is 0.234 e. The van der Waals surface area contributed by atoms with Crippen LogP contribution in [0.1, 0.15) is 25.0 Å². The van der Waals surface area contributed by atoms with Gasteiger partial charge in [-0.3, -0.25) is 0 Å². The maximum absolute atomic E-state index is 5.74. The summed E-state index contributed by atoms with van der Waals surface area (Å²) in [6.45, 7) is 5.02. The highest BCUT2D eigenvalue weighted by Crippen LogP contribution is 2.16. The number of benzene rings is 2. The van der Waals surface area contributed by atoms with E-state index >= 15 is 0 Å². The standard InChI is InChI=1S/C19H23N5O2/c1-3-25-17-11-7-5-9-15(17)13-21-23-19(20)24-22-14-16-10-6-8-12-18(16)26-4-2/h5-14H,3-4H2,1-2H3,(H3,20,23,24). The zero-order valence-corrected chi connectivity index (χ0v) is 14.9. The van der Waals surface area contributed by atoms with Gasteiger partial charge in [0.25, 0.3) is 0 Å². The molecule has 0 amide bonds. The van der Waals surface area contributed by atoms with Crippen LogP contribution in [0.2, 0.25) is 0 Å². The van der Waals surface area contributed by atoms with Gasteiger partial charge >= 0.3 is 0 Å². The number of hydrogen-bond acceptors (Lipinski definition) is 5. The number of hydrogen-bond donors (Lipinski definition) is 2. The lowest BCUT2D eigenvalue weighted by molar-refractivity contribution is 0.339. The SMILES string of the molecule is CCOc1ccccc1C=N/N=C(\N)NN=Cc1ccccc1OCC. The van der Waals surface area contributed by atoms with Crippen molar-refractivity contribution in [2.75, 3.05) is 13.2 Å². The molecule has 136 valence electrons. The highest BCUT2D eigenvalue weighted by molar-refractivity contribution is 5.86. The van der Waals surface area contributed by atoms with Gasteiger partial charge in [0.15, 0.2) is 0 Å². The lowest BCUT2D eigenvalue weighted by Gasteiger charge is -2.05. The lowest BCUT2D eigenvalue weighted by Crippen LogP contribution is -2.26. The second-order valence-corrected chi connectivity index (χ2v) is 5.04. The second kappa shape index (κ2) is 10.5. The van der Waals surface area contributed by atoms with Crippen LogP contribution < -0.4 is 20.6 Å². The molecule has 2 aromatic carbocycles. The van der Waals surface area contributed by atoms with E-state index in [0.717, 1.165) is 22.6 Å². The highest BCUT2D eigenvalue weighted by Gasteiger charge is 1.99. The predicted molar refractivity (Wildman–Crippen MR) is 105 cm³/mol. The Morgan fingerprint density at radius 3 is 2.04 bits per heavy atom. The van der Waals surface area contributed by atoms with Crippen LogP contribution in [-0.4, -0.2) is 31.6 Å². The van der Waals surface area contributed by atoms with Gasteiger partial charge < -0.3 is 15.2 Å². The highest BCUT2D eigenvalue weighted by atomic mass is 16.5. The van der Waals surface area contributed by atoms with E-state index in [1.807, 2.05) is 62.4 Å². The maximum atomic E-state index is 5.74. The number of nitrogens with one attached hydrogen (secondary N) is 1. The molecule has 0 fully saturated rings. The van der Waals surface area contributed by atoms with Crippen molar-refractivity contribution in [2.45, 2.75) is 13.8 Å². The number of para-hydroxylation sites is 2. The minimum atomic E-state index is 0.0697. The quantitative estimate of drug-likeness (QED) is 0.433. The first-order chi connectivity index (χ1) is 12.7. The van der Waals surface area contributed by atoms with Crippen molar-refractivity contribution in [3.63, 3.8) is 0 Å². The lowest BCUT2D eigenvalue weighted by atomic mass is 10.2. The van der Waals surface area contributed by atoms with Gasteiger partial charge in [-0.1, -0.05) is 24.3 Å². The largest absolute Gasteiger partial charge is 0.493 e. The van der Waals surface area contributed by atoms with Crippen molar-refractivity contribution in [2.24, 2.45) is 21.0 Å². The molecule has 0 bridgehead atoms. The fraction of sp³-hybridized carbons (Fsp3) is 0.211. The molecule has 2 rings (SSSR count). The van der Waals surface area contributed by atoms with E-state index in [0.29, 0.717) is 13.2 Å². The maximum Gasteiger partial charge on any atom is 0.234 e. The molecule has 3 N–H and O–H groups in total. The third kappa shape index (κ3) is 5.94. The first kappa shape index (κ1) is 19.0. The predicted octanol–water partition coefficient (Wildman–Crippen LogP) is 2.76. The number of hydrazone groups is 1. The third-order valence-corrected chi connectivity index (χ3v) is 3.18. The fourth-order valence-corrected chi connectivity index (χ4v) is 2.09. The zero-order chi connectivity index (χ0) is 18.6. The van der Waals surface area contributed by atoms with Crippen LogP contribution in [0.15, 0.2) is 63.8 Å². The van der Waals surface area contributed by atoms with Gasteiger partial charge in [-0.2, -0.15) is 10.2 Å². The minimum absolute atomic E-state index is 0.0697. The summed E-state index contributed by atoms with van der Waals surface area (Å²) in [5.74, 6) is 1.56. The van der Waals surface area contributed by atoms with E-state index < -0.39 is 0 Å². The average Bonchev–Trinajstić information content (AvgIpc) is 2.65. The Morgan fingerprint density at radius 2 is 1.46 bits per heavy atom. The Hall–Kier alpha value is -3.35. The Kier molecular flexibility index (Phi) is 7.67. The van der Waals surface area contributed by atoms with E-state index in [4.69, 9.17) is 15.2 Å². The average molecular weight is 353 g/mol. The van der Waals surface area contributed by atoms with Gasteiger partial charge in [0.2, 0.25) is 5.96 Å². The monoisotopic (exact) mass is 353 g/mol. The van der Waals surface area contributed by atoms with E-state index in [2.05, 4.69) is 20.7 Å². The first-order valence-corrected chi connectivity index (χ1v) is 8.33. The molecule has 0 aromatic heterocycles. The van der Waals surface area contributed by atoms with Crippen molar-refractivity contribution < 1.29 is 9.47 Å². The molecule has 0 spiro atoms. The first-order valence-electron chi connectivity index (χ1n) is 8.33. The van der Waals surface area contributed by atoms with Gasteiger partial charge in [0.1, 0.15) is 11.5 Å². The van der Waals surface area contributed by atoms with E-state index in [1.54, 1.807) is 12.4 Å². The topological polar surface area (TPSA) is 93.6 Å². The molecule has 0 saturated carbocycles. The molecule has 0 heterocycles. The molecule has 0 saturated heterocycles. The fourth-order valence-electron chi connectivity index (χ4n) is 2.09. The van der Waals surface area contributed by atoms with Gasteiger partial charge in [-0.15, -0.1) is 5.10 Å². The Morgan fingerprint density at radius 1 is 0.923 bits per heavy atom. The van der Waals surface area contributed by atoms with Crippen LogP contribution in [0, 0.1) is 0 Å². The number of nitrogens with two attached hydrogens (primary N) is 1. The summed E-state index contributed by atoms with van der Waals surface area (Å²) in [5, 5.41) is 11.9. The molecular formula is C19H23N5O2. The molecule has 0 atom stereocenters. The summed E-state index contributed by atoms with van der Waals surface area (Å²) in [4.78, 5) is 0. The van der Waals surface area contributed by atoms with Crippen molar-refractivity contribution in [1.82, 2.24) is 5.43 Å².